The van der Waals surface area contributed by atoms with Crippen molar-refractivity contribution in [1.29, 1.82) is 0 Å². The van der Waals surface area contributed by atoms with Crippen LogP contribution in [0.2, 0.25) is 5.02 Å². The van der Waals surface area contributed by atoms with Gasteiger partial charge < -0.3 is 15.4 Å². The smallest absolute Gasteiger partial charge is 0.220 e. The Hall–Kier alpha value is -3.04. The van der Waals surface area contributed by atoms with Crippen LogP contribution in [-0.4, -0.2) is 34.8 Å². The highest BCUT2D eigenvalue weighted by atomic mass is 35.5. The lowest BCUT2D eigenvalue weighted by atomic mass is 9.99. The molecule has 3 heterocycles. The Kier molecular flexibility index (Phi) is 6.60. The molecule has 0 unspecified atom stereocenters. The summed E-state index contributed by atoms with van der Waals surface area (Å²) in [5.41, 5.74) is 8.76. The molecule has 0 saturated heterocycles. The fraction of sp³-hybridized carbons (Fsp3) is 0.417. The topological polar surface area (TPSA) is 119 Å². The molecular formula is C24H29ClFN7O. The zero-order valence-electron chi connectivity index (χ0n) is 19.7. The number of fused-ring (bicyclic) bond motifs is 2. The molecule has 0 bridgehead atoms. The van der Waals surface area contributed by atoms with E-state index in [0.29, 0.717) is 22.6 Å². The lowest BCUT2D eigenvalue weighted by molar-refractivity contribution is 0.0641. The van der Waals surface area contributed by atoms with Gasteiger partial charge in [-0.15, -0.1) is 0 Å². The number of aliphatic hydroxyl groups is 1. The number of nitrogen functional groups attached to an aromatic ring is 1. The Morgan fingerprint density at radius 2 is 1.91 bits per heavy atom. The molecular weight excluding hydrogens is 457 g/mol. The fourth-order valence-electron chi connectivity index (χ4n) is 4.21. The normalized spacial score (nSPS) is 13.6. The number of benzene rings is 1. The van der Waals surface area contributed by atoms with E-state index >= 15 is 0 Å². The highest BCUT2D eigenvalue weighted by molar-refractivity contribution is 6.33. The van der Waals surface area contributed by atoms with Crippen molar-refractivity contribution in [2.45, 2.75) is 65.0 Å². The number of anilines is 1. The first-order chi connectivity index (χ1) is 16.1. The van der Waals surface area contributed by atoms with E-state index in [-0.39, 0.29) is 22.5 Å². The molecule has 1 aliphatic rings. The summed E-state index contributed by atoms with van der Waals surface area (Å²) >= 11 is 6.15. The average Bonchev–Trinajstić information content (AvgIpc) is 3.40. The summed E-state index contributed by atoms with van der Waals surface area (Å²) in [6.45, 7) is 7.12. The van der Waals surface area contributed by atoms with Crippen LogP contribution in [0, 0.1) is 5.82 Å². The molecule has 10 heteroatoms. The number of hydrogen-bond donors (Lipinski definition) is 3. The number of nitrogens with zero attached hydrogens (tertiary/aromatic N) is 5. The highest BCUT2D eigenvalue weighted by Crippen LogP contribution is 2.34. The Morgan fingerprint density at radius 3 is 2.59 bits per heavy atom. The van der Waals surface area contributed by atoms with Crippen LogP contribution in [-0.2, 0) is 18.4 Å². The minimum Gasteiger partial charge on any atom is -0.383 e. The van der Waals surface area contributed by atoms with Gasteiger partial charge in [0.1, 0.15) is 16.9 Å². The highest BCUT2D eigenvalue weighted by Gasteiger charge is 2.28. The quantitative estimate of drug-likeness (QED) is 0.377. The van der Waals surface area contributed by atoms with Crippen LogP contribution in [0.5, 0.6) is 0 Å². The van der Waals surface area contributed by atoms with Crippen molar-refractivity contribution in [1.82, 2.24) is 29.7 Å². The first kappa shape index (κ1) is 24.1. The maximum absolute atomic E-state index is 14.7. The van der Waals surface area contributed by atoms with Gasteiger partial charge in [-0.05, 0) is 71.1 Å². The van der Waals surface area contributed by atoms with Gasteiger partial charge in [-0.1, -0.05) is 11.6 Å². The van der Waals surface area contributed by atoms with Crippen molar-refractivity contribution in [2.24, 2.45) is 0 Å². The Bertz CT molecular complexity index is 1300. The molecule has 0 saturated carbocycles. The van der Waals surface area contributed by atoms with Gasteiger partial charge in [0.25, 0.3) is 0 Å². The Labute approximate surface area is 202 Å². The van der Waals surface area contributed by atoms with Gasteiger partial charge >= 0.3 is 0 Å². The predicted molar refractivity (Wildman–Crippen MR) is 131 cm³/mol. The SMILES string of the molecule is CC(C)n1c(C(C)(C)O)nc2c(F)cc(-c3nc(N)ncc3Cl)cc21.c1n[nH]c2c1CCCC2. The molecule has 0 amide bonds. The third-order valence-corrected chi connectivity index (χ3v) is 6.06. The maximum atomic E-state index is 14.7. The third-order valence-electron chi connectivity index (χ3n) is 5.78. The van der Waals surface area contributed by atoms with Crippen molar-refractivity contribution in [3.63, 3.8) is 0 Å². The second-order valence-corrected chi connectivity index (χ2v) is 9.70. The number of aromatic nitrogens is 6. The van der Waals surface area contributed by atoms with Gasteiger partial charge in [0.2, 0.25) is 5.95 Å². The van der Waals surface area contributed by atoms with E-state index in [9.17, 15) is 9.50 Å². The van der Waals surface area contributed by atoms with Crippen molar-refractivity contribution >= 4 is 28.6 Å². The summed E-state index contributed by atoms with van der Waals surface area (Å²) in [5, 5.41) is 17.7. The summed E-state index contributed by atoms with van der Waals surface area (Å²) in [5.74, 6) is -0.0815. The number of halogens is 2. The minimum absolute atomic E-state index is 0.0352. The van der Waals surface area contributed by atoms with E-state index < -0.39 is 11.4 Å². The molecule has 0 spiro atoms. The maximum Gasteiger partial charge on any atom is 0.220 e. The Morgan fingerprint density at radius 1 is 1.18 bits per heavy atom. The summed E-state index contributed by atoms with van der Waals surface area (Å²) in [6, 6.07) is 3.02. The van der Waals surface area contributed by atoms with Crippen LogP contribution in [0.25, 0.3) is 22.3 Å². The van der Waals surface area contributed by atoms with Gasteiger partial charge in [0, 0.05) is 17.3 Å². The molecule has 0 atom stereocenters. The number of nitrogens with one attached hydrogen (secondary N) is 1. The molecule has 34 heavy (non-hydrogen) atoms. The van der Waals surface area contributed by atoms with Crippen LogP contribution in [0.3, 0.4) is 0 Å². The van der Waals surface area contributed by atoms with Gasteiger partial charge in [0.05, 0.1) is 28.6 Å². The average molecular weight is 486 g/mol. The molecule has 0 aliphatic heterocycles. The lowest BCUT2D eigenvalue weighted by Crippen LogP contribution is -2.23. The van der Waals surface area contributed by atoms with Crippen molar-refractivity contribution in [3.8, 4) is 11.3 Å². The number of aryl methyl sites for hydroxylation is 2. The third kappa shape index (κ3) is 4.76. The second-order valence-electron chi connectivity index (χ2n) is 9.29. The van der Waals surface area contributed by atoms with E-state index in [0.717, 1.165) is 0 Å². The molecule has 4 N–H and O–H groups in total. The molecule has 0 fully saturated rings. The summed E-state index contributed by atoms with van der Waals surface area (Å²) in [4.78, 5) is 12.3. The van der Waals surface area contributed by atoms with Crippen molar-refractivity contribution in [2.75, 3.05) is 5.73 Å². The molecule has 8 nitrogen and oxygen atoms in total. The van der Waals surface area contributed by atoms with E-state index in [4.69, 9.17) is 17.3 Å². The van der Waals surface area contributed by atoms with E-state index in [2.05, 4.69) is 25.1 Å². The summed E-state index contributed by atoms with van der Waals surface area (Å²) < 4.78 is 16.5. The zero-order valence-corrected chi connectivity index (χ0v) is 20.5. The molecule has 1 aromatic carbocycles. The standard InChI is InChI=1S/C17H19ClFN5O.C7H10N2/c1-8(2)24-12-6-9(13-10(18)7-21-16(20)23-13)5-11(19)14(12)22-15(24)17(3,4)25;1-2-4-7-6(3-1)5-8-9-7/h5-8,25H,1-4H3,(H2,20,21,23);5H,1-4H2,(H,8,9). The number of H-pyrrole nitrogens is 1. The second kappa shape index (κ2) is 9.31. The molecule has 4 aromatic rings. The van der Waals surface area contributed by atoms with Gasteiger partial charge in [-0.3, -0.25) is 5.10 Å². The van der Waals surface area contributed by atoms with Gasteiger partial charge in [-0.2, -0.15) is 5.10 Å². The van der Waals surface area contributed by atoms with Crippen molar-refractivity contribution in [3.05, 3.63) is 52.4 Å². The molecule has 0 radical (unpaired) electrons. The van der Waals surface area contributed by atoms with Crippen LogP contribution in [0.4, 0.5) is 10.3 Å². The van der Waals surface area contributed by atoms with Gasteiger partial charge in [0.15, 0.2) is 5.82 Å². The first-order valence-electron chi connectivity index (χ1n) is 11.3. The largest absolute Gasteiger partial charge is 0.383 e. The van der Waals surface area contributed by atoms with Crippen LogP contribution in [0.15, 0.2) is 24.5 Å². The summed E-state index contributed by atoms with van der Waals surface area (Å²) in [6.07, 6.45) is 8.43. The van der Waals surface area contributed by atoms with Crippen LogP contribution < -0.4 is 5.73 Å². The van der Waals surface area contributed by atoms with E-state index in [1.165, 1.54) is 49.2 Å². The lowest BCUT2D eigenvalue weighted by Gasteiger charge is -2.21. The zero-order chi connectivity index (χ0) is 24.6. The monoisotopic (exact) mass is 485 g/mol. The number of aromatic amines is 1. The number of rotatable bonds is 3. The molecule has 3 aromatic heterocycles. The number of nitrogens with two attached hydrogens (primary N) is 1. The fourth-order valence-corrected chi connectivity index (χ4v) is 4.41. The van der Waals surface area contributed by atoms with Crippen LogP contribution >= 0.6 is 11.6 Å². The minimum atomic E-state index is -1.22. The molecule has 1 aliphatic carbocycles. The molecule has 5 rings (SSSR count). The first-order valence-corrected chi connectivity index (χ1v) is 11.7. The molecule has 180 valence electrons. The van der Waals surface area contributed by atoms with Crippen molar-refractivity contribution < 1.29 is 9.50 Å². The number of imidazole rings is 1. The number of hydrogen-bond acceptors (Lipinski definition) is 6. The Balaban J connectivity index is 0.000000252. The summed E-state index contributed by atoms with van der Waals surface area (Å²) in [7, 11) is 0. The predicted octanol–water partition coefficient (Wildman–Crippen LogP) is 4.96. The van der Waals surface area contributed by atoms with Gasteiger partial charge in [-0.25, -0.2) is 19.3 Å². The van der Waals surface area contributed by atoms with E-state index in [1.807, 2.05) is 20.0 Å². The van der Waals surface area contributed by atoms with E-state index in [1.54, 1.807) is 24.5 Å². The van der Waals surface area contributed by atoms with Crippen LogP contribution in [0.1, 0.15) is 63.7 Å².